The van der Waals surface area contributed by atoms with E-state index in [1.54, 1.807) is 12.1 Å². The third-order valence-corrected chi connectivity index (χ3v) is 5.46. The second-order valence-electron chi connectivity index (χ2n) is 7.12. The van der Waals surface area contributed by atoms with Gasteiger partial charge in [-0.2, -0.15) is 4.57 Å². The van der Waals surface area contributed by atoms with Crippen molar-refractivity contribution in [3.05, 3.63) is 95.0 Å². The van der Waals surface area contributed by atoms with Gasteiger partial charge in [0.25, 0.3) is 5.91 Å². The van der Waals surface area contributed by atoms with Gasteiger partial charge in [0, 0.05) is 37.8 Å². The molecule has 6 heteroatoms. The fraction of sp³-hybridized carbons (Fsp3) is 0.217. The Bertz CT molecular complexity index is 1000. The highest BCUT2D eigenvalue weighted by atomic mass is 35.5. The molecule has 3 aromatic rings. The molecule has 2 aromatic carbocycles. The van der Waals surface area contributed by atoms with E-state index in [0.29, 0.717) is 25.2 Å². The molecular formula is C23H22ClFN3O+. The van der Waals surface area contributed by atoms with E-state index in [-0.39, 0.29) is 11.7 Å². The molecule has 0 bridgehead atoms. The molecule has 1 aliphatic heterocycles. The number of hydrogen-bond acceptors (Lipinski definition) is 2. The standard InChI is InChI=1S/C23H22ClFN3O/c24-21-5-1-2-6-22(21)27-12-14-28(15-13-27)23(29)19-4-3-11-26(17-19)16-18-7-9-20(25)10-8-18/h1-11,17H,12-16H2/q+1. The SMILES string of the molecule is O=C(c1ccc[n+](Cc2ccc(F)cc2)c1)N1CCN(c2ccccc2Cl)CC1. The first-order valence-corrected chi connectivity index (χ1v) is 10.0. The zero-order valence-corrected chi connectivity index (χ0v) is 16.7. The highest BCUT2D eigenvalue weighted by molar-refractivity contribution is 6.33. The molecule has 0 N–H and O–H groups in total. The molecule has 2 heterocycles. The molecular weight excluding hydrogens is 389 g/mol. The van der Waals surface area contributed by atoms with Gasteiger partial charge in [0.15, 0.2) is 18.9 Å². The average molecular weight is 411 g/mol. The quantitative estimate of drug-likeness (QED) is 0.612. The van der Waals surface area contributed by atoms with Crippen molar-refractivity contribution in [1.82, 2.24) is 4.90 Å². The molecule has 0 saturated carbocycles. The normalized spacial score (nSPS) is 14.1. The summed E-state index contributed by atoms with van der Waals surface area (Å²) in [5, 5.41) is 0.733. The summed E-state index contributed by atoms with van der Waals surface area (Å²) in [6, 6.07) is 17.9. The number of benzene rings is 2. The van der Waals surface area contributed by atoms with Gasteiger partial charge >= 0.3 is 0 Å². The molecule has 0 aliphatic carbocycles. The molecule has 148 valence electrons. The van der Waals surface area contributed by atoms with Crippen molar-refractivity contribution in [2.75, 3.05) is 31.1 Å². The first-order chi connectivity index (χ1) is 14.1. The lowest BCUT2D eigenvalue weighted by Crippen LogP contribution is -2.49. The van der Waals surface area contributed by atoms with Gasteiger partial charge in [-0.1, -0.05) is 23.7 Å². The average Bonchev–Trinajstić information content (AvgIpc) is 2.76. The summed E-state index contributed by atoms with van der Waals surface area (Å²) in [7, 11) is 0. The van der Waals surface area contributed by atoms with Crippen molar-refractivity contribution < 1.29 is 13.8 Å². The van der Waals surface area contributed by atoms with Crippen LogP contribution in [0.15, 0.2) is 73.1 Å². The molecule has 4 nitrogen and oxygen atoms in total. The topological polar surface area (TPSA) is 27.4 Å². The predicted molar refractivity (Wildman–Crippen MR) is 112 cm³/mol. The largest absolute Gasteiger partial charge is 0.367 e. The molecule has 29 heavy (non-hydrogen) atoms. The fourth-order valence-corrected chi connectivity index (χ4v) is 3.84. The van der Waals surface area contributed by atoms with Crippen LogP contribution in [-0.4, -0.2) is 37.0 Å². The third-order valence-electron chi connectivity index (χ3n) is 5.14. The van der Waals surface area contributed by atoms with Crippen LogP contribution >= 0.6 is 11.6 Å². The maximum Gasteiger partial charge on any atom is 0.260 e. The van der Waals surface area contributed by atoms with Crippen LogP contribution in [0.5, 0.6) is 0 Å². The zero-order valence-electron chi connectivity index (χ0n) is 16.0. The molecule has 1 aliphatic rings. The van der Waals surface area contributed by atoms with Gasteiger partial charge in [0.05, 0.1) is 10.7 Å². The summed E-state index contributed by atoms with van der Waals surface area (Å²) >= 11 is 6.30. The van der Waals surface area contributed by atoms with Crippen LogP contribution in [0.4, 0.5) is 10.1 Å². The van der Waals surface area contributed by atoms with E-state index in [0.717, 1.165) is 29.4 Å². The minimum Gasteiger partial charge on any atom is -0.367 e. The summed E-state index contributed by atoms with van der Waals surface area (Å²) in [6.07, 6.45) is 3.77. The Hall–Kier alpha value is -2.92. The first-order valence-electron chi connectivity index (χ1n) is 9.62. The Morgan fingerprint density at radius 2 is 1.69 bits per heavy atom. The number of aromatic nitrogens is 1. The van der Waals surface area contributed by atoms with Crippen molar-refractivity contribution in [2.45, 2.75) is 6.54 Å². The van der Waals surface area contributed by atoms with E-state index in [9.17, 15) is 9.18 Å². The predicted octanol–water partition coefficient (Wildman–Crippen LogP) is 3.78. The van der Waals surface area contributed by atoms with Crippen molar-refractivity contribution >= 4 is 23.2 Å². The maximum absolute atomic E-state index is 13.1. The van der Waals surface area contributed by atoms with Gasteiger partial charge < -0.3 is 9.80 Å². The number of pyridine rings is 1. The number of anilines is 1. The number of carbonyl (C=O) groups excluding carboxylic acids is 1. The molecule has 0 radical (unpaired) electrons. The molecule has 1 saturated heterocycles. The van der Waals surface area contributed by atoms with E-state index in [2.05, 4.69) is 4.90 Å². The lowest BCUT2D eigenvalue weighted by atomic mass is 10.2. The number of rotatable bonds is 4. The van der Waals surface area contributed by atoms with Crippen LogP contribution in [0.3, 0.4) is 0 Å². The highest BCUT2D eigenvalue weighted by Gasteiger charge is 2.24. The Balaban J connectivity index is 1.41. The van der Waals surface area contributed by atoms with Crippen LogP contribution in [-0.2, 0) is 6.54 Å². The summed E-state index contributed by atoms with van der Waals surface area (Å²) in [5.74, 6) is -0.226. The molecule has 0 unspecified atom stereocenters. The van der Waals surface area contributed by atoms with Crippen molar-refractivity contribution in [3.8, 4) is 0 Å². The van der Waals surface area contributed by atoms with Gasteiger partial charge in [0.2, 0.25) is 0 Å². The minimum absolute atomic E-state index is 0.0252. The summed E-state index contributed by atoms with van der Waals surface area (Å²) in [4.78, 5) is 17.1. The Morgan fingerprint density at radius 3 is 2.41 bits per heavy atom. The number of halogens is 2. The summed E-state index contributed by atoms with van der Waals surface area (Å²) < 4.78 is 15.0. The highest BCUT2D eigenvalue weighted by Crippen LogP contribution is 2.26. The lowest BCUT2D eigenvalue weighted by Gasteiger charge is -2.36. The molecule has 1 aromatic heterocycles. The van der Waals surface area contributed by atoms with Crippen LogP contribution in [0, 0.1) is 5.82 Å². The van der Waals surface area contributed by atoms with Gasteiger partial charge in [-0.25, -0.2) is 4.39 Å². The van der Waals surface area contributed by atoms with E-state index in [1.807, 2.05) is 58.3 Å². The van der Waals surface area contributed by atoms with Crippen molar-refractivity contribution in [3.63, 3.8) is 0 Å². The minimum atomic E-state index is -0.251. The number of piperazine rings is 1. The Labute approximate surface area is 174 Å². The summed E-state index contributed by atoms with van der Waals surface area (Å²) in [6.45, 7) is 3.38. The smallest absolute Gasteiger partial charge is 0.260 e. The Kier molecular flexibility index (Phi) is 5.76. The second-order valence-corrected chi connectivity index (χ2v) is 7.53. The number of carbonyl (C=O) groups is 1. The van der Waals surface area contributed by atoms with Crippen LogP contribution in [0.2, 0.25) is 5.02 Å². The van der Waals surface area contributed by atoms with Crippen molar-refractivity contribution in [1.29, 1.82) is 0 Å². The molecule has 0 spiro atoms. The molecule has 1 amide bonds. The monoisotopic (exact) mass is 410 g/mol. The van der Waals surface area contributed by atoms with Gasteiger partial charge in [-0.15, -0.1) is 0 Å². The van der Waals surface area contributed by atoms with E-state index >= 15 is 0 Å². The second kappa shape index (κ2) is 8.62. The Morgan fingerprint density at radius 1 is 0.966 bits per heavy atom. The number of para-hydroxylation sites is 1. The molecule has 4 rings (SSSR count). The van der Waals surface area contributed by atoms with Crippen LogP contribution in [0.1, 0.15) is 15.9 Å². The first kappa shape index (κ1) is 19.4. The molecule has 1 fully saturated rings. The van der Waals surface area contributed by atoms with E-state index in [1.165, 1.54) is 12.1 Å². The maximum atomic E-state index is 13.1. The van der Waals surface area contributed by atoms with E-state index < -0.39 is 0 Å². The molecule has 0 atom stereocenters. The number of nitrogens with zero attached hydrogens (tertiary/aromatic N) is 3. The number of hydrogen-bond donors (Lipinski definition) is 0. The van der Waals surface area contributed by atoms with Gasteiger partial charge in [-0.3, -0.25) is 4.79 Å². The van der Waals surface area contributed by atoms with Gasteiger partial charge in [-0.05, 0) is 42.5 Å². The van der Waals surface area contributed by atoms with E-state index in [4.69, 9.17) is 11.6 Å². The fourth-order valence-electron chi connectivity index (χ4n) is 3.59. The summed E-state index contributed by atoms with van der Waals surface area (Å²) in [5.41, 5.74) is 2.65. The third kappa shape index (κ3) is 4.57. The van der Waals surface area contributed by atoms with Gasteiger partial charge in [0.1, 0.15) is 11.4 Å². The zero-order chi connectivity index (χ0) is 20.2. The van der Waals surface area contributed by atoms with Crippen molar-refractivity contribution in [2.24, 2.45) is 0 Å². The van der Waals surface area contributed by atoms with Crippen LogP contribution in [0.25, 0.3) is 0 Å². The lowest BCUT2D eigenvalue weighted by molar-refractivity contribution is -0.688. The number of amides is 1. The van der Waals surface area contributed by atoms with Crippen LogP contribution < -0.4 is 9.47 Å².